The van der Waals surface area contributed by atoms with Crippen LogP contribution in [0, 0.1) is 24.4 Å². The number of hydrogen-bond donors (Lipinski definition) is 3. The molecule has 2 aromatic rings. The zero-order chi connectivity index (χ0) is 17.1. The number of rotatable bonds is 5. The van der Waals surface area contributed by atoms with E-state index in [9.17, 15) is 18.3 Å². The van der Waals surface area contributed by atoms with Gasteiger partial charge in [0.25, 0.3) is 0 Å². The van der Waals surface area contributed by atoms with Gasteiger partial charge in [-0.3, -0.25) is 0 Å². The zero-order valence-corrected chi connectivity index (χ0v) is 13.5. The Kier molecular flexibility index (Phi) is 7.12. The van der Waals surface area contributed by atoms with Gasteiger partial charge >= 0.3 is 0 Å². The van der Waals surface area contributed by atoms with Gasteiger partial charge in [-0.2, -0.15) is 0 Å². The van der Waals surface area contributed by atoms with Crippen molar-refractivity contribution in [3.63, 3.8) is 0 Å². The molecular formula is C15H17BrF3N3O2. The minimum atomic E-state index is -1.12. The highest BCUT2D eigenvalue weighted by Crippen LogP contribution is 2.27. The topological polar surface area (TPSA) is 78.3 Å². The standard InChI is InChI=1S/C14H13BrF3N3O2.CH4/c1-6-12(18)14(19-4-7(23)5-22)21-13(20-6)8-2-11(17)9(15)3-10(8)16;/h2-3,7,22-23H,4-5H2,1H3,(H,19,20,21);1H4/t7-;/m1./s1. The van der Waals surface area contributed by atoms with Gasteiger partial charge in [0, 0.05) is 6.54 Å². The van der Waals surface area contributed by atoms with E-state index in [0.29, 0.717) is 0 Å². The minimum Gasteiger partial charge on any atom is -0.394 e. The molecule has 9 heteroatoms. The zero-order valence-electron chi connectivity index (χ0n) is 11.9. The Morgan fingerprint density at radius 3 is 2.50 bits per heavy atom. The van der Waals surface area contributed by atoms with Crippen molar-refractivity contribution in [1.82, 2.24) is 9.97 Å². The maximum absolute atomic E-state index is 14.0. The molecule has 0 aliphatic carbocycles. The second-order valence-corrected chi connectivity index (χ2v) is 5.61. The number of benzene rings is 1. The van der Waals surface area contributed by atoms with Crippen molar-refractivity contribution in [1.29, 1.82) is 0 Å². The fourth-order valence-corrected chi connectivity index (χ4v) is 2.09. The average Bonchev–Trinajstić information content (AvgIpc) is 2.51. The van der Waals surface area contributed by atoms with Gasteiger partial charge in [-0.15, -0.1) is 0 Å². The van der Waals surface area contributed by atoms with Gasteiger partial charge < -0.3 is 15.5 Å². The minimum absolute atomic E-state index is 0. The summed E-state index contributed by atoms with van der Waals surface area (Å²) in [6.45, 7) is 0.667. The summed E-state index contributed by atoms with van der Waals surface area (Å²) in [5.41, 5.74) is -0.293. The van der Waals surface area contributed by atoms with Crippen LogP contribution in [-0.2, 0) is 0 Å². The van der Waals surface area contributed by atoms with E-state index in [2.05, 4.69) is 31.2 Å². The molecule has 1 atom stereocenters. The van der Waals surface area contributed by atoms with Gasteiger partial charge in [0.1, 0.15) is 11.6 Å². The number of nitrogens with zero attached hydrogens (tertiary/aromatic N) is 2. The molecule has 0 saturated heterocycles. The first-order valence-electron chi connectivity index (χ1n) is 6.55. The third kappa shape index (κ3) is 4.43. The van der Waals surface area contributed by atoms with Crippen molar-refractivity contribution in [3.05, 3.63) is 39.8 Å². The summed E-state index contributed by atoms with van der Waals surface area (Å²) in [5, 5.41) is 20.5. The molecule has 0 spiro atoms. The number of hydrogen-bond acceptors (Lipinski definition) is 5. The van der Waals surface area contributed by atoms with E-state index in [1.807, 2.05) is 0 Å². The van der Waals surface area contributed by atoms with E-state index in [4.69, 9.17) is 5.11 Å². The molecule has 1 heterocycles. The summed E-state index contributed by atoms with van der Waals surface area (Å²) in [5.74, 6) is -2.74. The van der Waals surface area contributed by atoms with Crippen LogP contribution in [-0.4, -0.2) is 39.4 Å². The summed E-state index contributed by atoms with van der Waals surface area (Å²) in [6, 6.07) is 1.83. The molecule has 0 radical (unpaired) electrons. The molecule has 0 fully saturated rings. The second-order valence-electron chi connectivity index (χ2n) is 4.76. The van der Waals surface area contributed by atoms with Crippen molar-refractivity contribution in [2.45, 2.75) is 20.5 Å². The monoisotopic (exact) mass is 407 g/mol. The van der Waals surface area contributed by atoms with Crippen LogP contribution in [0.3, 0.4) is 0 Å². The number of aryl methyl sites for hydroxylation is 1. The Morgan fingerprint density at radius 1 is 1.21 bits per heavy atom. The molecule has 0 unspecified atom stereocenters. The lowest BCUT2D eigenvalue weighted by Gasteiger charge is -2.13. The smallest absolute Gasteiger partial charge is 0.186 e. The van der Waals surface area contributed by atoms with Gasteiger partial charge in [0.15, 0.2) is 17.5 Å². The summed E-state index contributed by atoms with van der Waals surface area (Å²) in [6.07, 6.45) is -1.12. The van der Waals surface area contributed by atoms with Crippen LogP contribution in [0.2, 0.25) is 0 Å². The molecule has 0 aliphatic rings. The van der Waals surface area contributed by atoms with Crippen molar-refractivity contribution in [3.8, 4) is 11.4 Å². The Morgan fingerprint density at radius 2 is 1.88 bits per heavy atom. The van der Waals surface area contributed by atoms with Crippen molar-refractivity contribution in [2.24, 2.45) is 0 Å². The van der Waals surface area contributed by atoms with Crippen LogP contribution in [0.4, 0.5) is 19.0 Å². The number of aliphatic hydroxyl groups is 2. The van der Waals surface area contributed by atoms with Gasteiger partial charge in [0.05, 0.1) is 28.4 Å². The van der Waals surface area contributed by atoms with Crippen LogP contribution in [0.15, 0.2) is 16.6 Å². The van der Waals surface area contributed by atoms with Crippen LogP contribution in [0.1, 0.15) is 13.1 Å². The molecule has 0 saturated carbocycles. The van der Waals surface area contributed by atoms with Crippen LogP contribution in [0.25, 0.3) is 11.4 Å². The Balaban J connectivity index is 0.00000288. The number of aromatic nitrogens is 2. The van der Waals surface area contributed by atoms with Gasteiger partial charge in [0.2, 0.25) is 0 Å². The molecule has 0 aliphatic heterocycles. The molecule has 24 heavy (non-hydrogen) atoms. The Hall–Kier alpha value is -1.71. The van der Waals surface area contributed by atoms with Gasteiger partial charge in [-0.1, -0.05) is 7.43 Å². The SMILES string of the molecule is C.Cc1nc(-c2cc(F)c(Br)cc2F)nc(NC[C@@H](O)CO)c1F. The maximum Gasteiger partial charge on any atom is 0.186 e. The van der Waals surface area contributed by atoms with Crippen LogP contribution in [0.5, 0.6) is 0 Å². The second kappa shape index (κ2) is 8.41. The first-order chi connectivity index (χ1) is 10.8. The summed E-state index contributed by atoms with van der Waals surface area (Å²) < 4.78 is 41.5. The lowest BCUT2D eigenvalue weighted by Crippen LogP contribution is -2.24. The Labute approximate surface area is 145 Å². The lowest BCUT2D eigenvalue weighted by molar-refractivity contribution is 0.105. The summed E-state index contributed by atoms with van der Waals surface area (Å²) >= 11 is 2.86. The highest BCUT2D eigenvalue weighted by molar-refractivity contribution is 9.10. The van der Waals surface area contributed by atoms with E-state index in [-0.39, 0.29) is 41.3 Å². The van der Waals surface area contributed by atoms with E-state index in [1.54, 1.807) is 0 Å². The molecule has 0 bridgehead atoms. The molecule has 1 aromatic carbocycles. The third-order valence-corrected chi connectivity index (χ3v) is 3.59. The maximum atomic E-state index is 14.0. The first-order valence-corrected chi connectivity index (χ1v) is 7.34. The highest BCUT2D eigenvalue weighted by atomic mass is 79.9. The first kappa shape index (κ1) is 20.3. The van der Waals surface area contributed by atoms with Gasteiger partial charge in [-0.25, -0.2) is 23.1 Å². The van der Waals surface area contributed by atoms with E-state index in [1.165, 1.54) is 6.92 Å². The fraction of sp³-hybridized carbons (Fsp3) is 0.333. The third-order valence-electron chi connectivity index (χ3n) is 2.98. The number of anilines is 1. The molecule has 132 valence electrons. The largest absolute Gasteiger partial charge is 0.394 e. The van der Waals surface area contributed by atoms with E-state index < -0.39 is 30.2 Å². The normalized spacial score (nSPS) is 11.8. The van der Waals surface area contributed by atoms with Gasteiger partial charge in [-0.05, 0) is 35.0 Å². The van der Waals surface area contributed by atoms with Crippen LogP contribution < -0.4 is 5.32 Å². The quantitative estimate of drug-likeness (QED) is 0.663. The Bertz CT molecular complexity index is 732. The predicted octanol–water partition coefficient (Wildman–Crippen LogP) is 3.03. The van der Waals surface area contributed by atoms with Crippen molar-refractivity contribution < 1.29 is 23.4 Å². The van der Waals surface area contributed by atoms with E-state index in [0.717, 1.165) is 12.1 Å². The molecule has 5 nitrogen and oxygen atoms in total. The highest BCUT2D eigenvalue weighted by Gasteiger charge is 2.17. The van der Waals surface area contributed by atoms with Crippen molar-refractivity contribution in [2.75, 3.05) is 18.5 Å². The lowest BCUT2D eigenvalue weighted by atomic mass is 10.2. The summed E-state index contributed by atoms with van der Waals surface area (Å²) in [4.78, 5) is 7.65. The molecule has 3 N–H and O–H groups in total. The van der Waals surface area contributed by atoms with Crippen LogP contribution >= 0.6 is 15.9 Å². The van der Waals surface area contributed by atoms with Crippen molar-refractivity contribution >= 4 is 21.7 Å². The summed E-state index contributed by atoms with van der Waals surface area (Å²) in [7, 11) is 0. The number of halogens is 4. The van der Waals surface area contributed by atoms with E-state index >= 15 is 0 Å². The number of aliphatic hydroxyl groups excluding tert-OH is 2. The predicted molar refractivity (Wildman–Crippen MR) is 88.1 cm³/mol. The molecule has 1 aromatic heterocycles. The molecule has 0 amide bonds. The molecule has 2 rings (SSSR count). The fourth-order valence-electron chi connectivity index (χ4n) is 1.77. The number of nitrogens with one attached hydrogen (secondary N) is 1. The average molecular weight is 408 g/mol. The molecular weight excluding hydrogens is 391 g/mol.